The first-order valence-corrected chi connectivity index (χ1v) is 8.57. The van der Waals surface area contributed by atoms with Crippen molar-refractivity contribution in [2.75, 3.05) is 13.1 Å². The smallest absolute Gasteiger partial charge is 0.256 e. The van der Waals surface area contributed by atoms with Crippen molar-refractivity contribution in [2.45, 2.75) is 57.2 Å². The molecule has 1 saturated carbocycles. The van der Waals surface area contributed by atoms with E-state index in [1.165, 1.54) is 38.3 Å². The Hall–Kier alpha value is -1.93. The number of hydrogen-bond donors (Lipinski definition) is 0. The molecule has 0 spiro atoms. The Morgan fingerprint density at radius 1 is 1.17 bits per heavy atom. The molecule has 0 unspecified atom stereocenters. The van der Waals surface area contributed by atoms with Crippen LogP contribution in [-0.4, -0.2) is 41.1 Å². The third-order valence-electron chi connectivity index (χ3n) is 4.84. The molecule has 3 rings (SSSR count). The van der Waals surface area contributed by atoms with E-state index in [0.717, 1.165) is 12.8 Å². The summed E-state index contributed by atoms with van der Waals surface area (Å²) in [5.41, 5.74) is 0.798. The lowest BCUT2D eigenvalue weighted by Gasteiger charge is -2.35. The van der Waals surface area contributed by atoms with E-state index in [4.69, 9.17) is 10.00 Å². The molecule has 2 heterocycles. The molecule has 1 aliphatic heterocycles. The van der Waals surface area contributed by atoms with Crippen LogP contribution in [-0.2, 0) is 4.74 Å². The fraction of sp³-hybridized carbons (Fsp3) is 0.611. The zero-order valence-corrected chi connectivity index (χ0v) is 13.4. The van der Waals surface area contributed by atoms with E-state index >= 15 is 0 Å². The number of amides is 1. The van der Waals surface area contributed by atoms with Crippen molar-refractivity contribution in [1.82, 2.24) is 9.88 Å². The molecule has 1 saturated heterocycles. The number of rotatable bonds is 3. The average Bonchev–Trinajstić information content (AvgIpc) is 2.62. The summed E-state index contributed by atoms with van der Waals surface area (Å²) in [4.78, 5) is 18.4. The number of ether oxygens (including phenoxy) is 1. The van der Waals surface area contributed by atoms with E-state index in [9.17, 15) is 4.79 Å². The van der Waals surface area contributed by atoms with E-state index in [-0.39, 0.29) is 12.0 Å². The number of nitriles is 1. The normalized spacial score (nSPS) is 20.2. The Morgan fingerprint density at radius 3 is 2.57 bits per heavy atom. The molecule has 1 aromatic heterocycles. The lowest BCUT2D eigenvalue weighted by Crippen LogP contribution is -2.42. The first kappa shape index (κ1) is 15.9. The Labute approximate surface area is 137 Å². The van der Waals surface area contributed by atoms with Gasteiger partial charge in [-0.2, -0.15) is 5.26 Å². The van der Waals surface area contributed by atoms with Crippen molar-refractivity contribution < 1.29 is 9.53 Å². The molecule has 122 valence electrons. The second-order valence-electron chi connectivity index (χ2n) is 6.42. The van der Waals surface area contributed by atoms with Crippen LogP contribution >= 0.6 is 0 Å². The summed E-state index contributed by atoms with van der Waals surface area (Å²) in [7, 11) is 0. The molecular formula is C18H23N3O2. The highest BCUT2D eigenvalue weighted by atomic mass is 16.5. The van der Waals surface area contributed by atoms with Gasteiger partial charge < -0.3 is 9.64 Å². The lowest BCUT2D eigenvalue weighted by atomic mass is 9.97. The molecule has 0 radical (unpaired) electrons. The number of likely N-dealkylation sites (tertiary alicyclic amines) is 1. The number of piperidine rings is 1. The monoisotopic (exact) mass is 313 g/mol. The molecule has 23 heavy (non-hydrogen) atoms. The standard InChI is InChI=1S/C18H23N3O2/c19-12-14-6-9-20-13-17(14)18(22)21-10-7-16(8-11-21)23-15-4-2-1-3-5-15/h6,9,13,15-16H,1-5,7-8,10-11H2. The minimum atomic E-state index is -0.0919. The Morgan fingerprint density at radius 2 is 1.87 bits per heavy atom. The summed E-state index contributed by atoms with van der Waals surface area (Å²) in [6, 6.07) is 3.66. The van der Waals surface area contributed by atoms with Gasteiger partial charge in [0.05, 0.1) is 23.3 Å². The molecule has 5 nitrogen and oxygen atoms in total. The van der Waals surface area contributed by atoms with Crippen LogP contribution in [0.1, 0.15) is 60.9 Å². The molecule has 0 bridgehead atoms. The minimum absolute atomic E-state index is 0.0919. The van der Waals surface area contributed by atoms with Crippen molar-refractivity contribution in [3.05, 3.63) is 29.6 Å². The van der Waals surface area contributed by atoms with Crippen molar-refractivity contribution in [2.24, 2.45) is 0 Å². The first-order chi connectivity index (χ1) is 11.3. The molecule has 2 aliphatic rings. The third-order valence-corrected chi connectivity index (χ3v) is 4.84. The fourth-order valence-corrected chi connectivity index (χ4v) is 3.50. The molecular weight excluding hydrogens is 290 g/mol. The van der Waals surface area contributed by atoms with Gasteiger partial charge >= 0.3 is 0 Å². The first-order valence-electron chi connectivity index (χ1n) is 8.57. The summed E-state index contributed by atoms with van der Waals surface area (Å²) in [5, 5.41) is 9.12. The largest absolute Gasteiger partial charge is 0.375 e. The number of carbonyl (C=O) groups is 1. The maximum Gasteiger partial charge on any atom is 0.256 e. The Balaban J connectivity index is 1.54. The SMILES string of the molecule is N#Cc1ccncc1C(=O)N1CCC(OC2CCCCC2)CC1. The Bertz CT molecular complexity index is 582. The van der Waals surface area contributed by atoms with Gasteiger partial charge in [0, 0.05) is 25.5 Å². The summed E-state index contributed by atoms with van der Waals surface area (Å²) in [6.07, 6.45) is 11.7. The maximum absolute atomic E-state index is 12.6. The summed E-state index contributed by atoms with van der Waals surface area (Å²) in [5.74, 6) is -0.0919. The average molecular weight is 313 g/mol. The molecule has 1 aliphatic carbocycles. The van der Waals surface area contributed by atoms with Crippen molar-refractivity contribution >= 4 is 5.91 Å². The van der Waals surface area contributed by atoms with Gasteiger partial charge in [0.1, 0.15) is 6.07 Å². The van der Waals surface area contributed by atoms with Crippen LogP contribution in [0.5, 0.6) is 0 Å². The van der Waals surface area contributed by atoms with Gasteiger partial charge in [-0.3, -0.25) is 9.78 Å². The fourth-order valence-electron chi connectivity index (χ4n) is 3.50. The van der Waals surface area contributed by atoms with Gasteiger partial charge in [0.15, 0.2) is 0 Å². The van der Waals surface area contributed by atoms with Crippen LogP contribution in [0.2, 0.25) is 0 Å². The molecule has 2 fully saturated rings. The number of nitrogens with zero attached hydrogens (tertiary/aromatic N) is 3. The Kier molecular flexibility index (Phi) is 5.24. The van der Waals surface area contributed by atoms with Crippen molar-refractivity contribution in [1.29, 1.82) is 5.26 Å². The maximum atomic E-state index is 12.6. The molecule has 1 aromatic rings. The highest BCUT2D eigenvalue weighted by Crippen LogP contribution is 2.25. The molecule has 0 N–H and O–H groups in total. The van der Waals surface area contributed by atoms with Gasteiger partial charge in [-0.1, -0.05) is 19.3 Å². The second kappa shape index (κ2) is 7.56. The van der Waals surface area contributed by atoms with Gasteiger partial charge in [0.2, 0.25) is 0 Å². The van der Waals surface area contributed by atoms with Gasteiger partial charge in [-0.05, 0) is 31.7 Å². The zero-order chi connectivity index (χ0) is 16.1. The zero-order valence-electron chi connectivity index (χ0n) is 13.4. The van der Waals surface area contributed by atoms with E-state index in [1.807, 2.05) is 4.90 Å². The van der Waals surface area contributed by atoms with E-state index in [0.29, 0.717) is 30.3 Å². The number of pyridine rings is 1. The van der Waals surface area contributed by atoms with Crippen molar-refractivity contribution in [3.63, 3.8) is 0 Å². The van der Waals surface area contributed by atoms with Crippen LogP contribution in [0, 0.1) is 11.3 Å². The molecule has 0 aromatic carbocycles. The van der Waals surface area contributed by atoms with Crippen LogP contribution in [0.25, 0.3) is 0 Å². The molecule has 1 amide bonds. The second-order valence-corrected chi connectivity index (χ2v) is 6.42. The van der Waals surface area contributed by atoms with Crippen LogP contribution in [0.3, 0.4) is 0 Å². The van der Waals surface area contributed by atoms with Crippen molar-refractivity contribution in [3.8, 4) is 6.07 Å². The van der Waals surface area contributed by atoms with E-state index in [2.05, 4.69) is 11.1 Å². The predicted molar refractivity (Wildman–Crippen MR) is 85.8 cm³/mol. The van der Waals surface area contributed by atoms with Crippen LogP contribution in [0.15, 0.2) is 18.5 Å². The summed E-state index contributed by atoms with van der Waals surface area (Å²) < 4.78 is 6.21. The van der Waals surface area contributed by atoms with Gasteiger partial charge in [-0.15, -0.1) is 0 Å². The highest BCUT2D eigenvalue weighted by molar-refractivity contribution is 5.96. The van der Waals surface area contributed by atoms with Crippen LogP contribution in [0.4, 0.5) is 0 Å². The summed E-state index contributed by atoms with van der Waals surface area (Å²) in [6.45, 7) is 1.38. The minimum Gasteiger partial charge on any atom is -0.375 e. The summed E-state index contributed by atoms with van der Waals surface area (Å²) >= 11 is 0. The van der Waals surface area contributed by atoms with Gasteiger partial charge in [0.25, 0.3) is 5.91 Å². The topological polar surface area (TPSA) is 66.2 Å². The molecule has 0 atom stereocenters. The quantitative estimate of drug-likeness (QED) is 0.860. The third kappa shape index (κ3) is 3.89. The number of hydrogen-bond acceptors (Lipinski definition) is 4. The van der Waals surface area contributed by atoms with E-state index in [1.54, 1.807) is 12.3 Å². The van der Waals surface area contributed by atoms with E-state index < -0.39 is 0 Å². The highest BCUT2D eigenvalue weighted by Gasteiger charge is 2.27. The van der Waals surface area contributed by atoms with Crippen LogP contribution < -0.4 is 0 Å². The molecule has 5 heteroatoms. The lowest BCUT2D eigenvalue weighted by molar-refractivity contribution is -0.0527. The van der Waals surface area contributed by atoms with Gasteiger partial charge in [-0.25, -0.2) is 0 Å². The number of carbonyl (C=O) groups excluding carboxylic acids is 1. The number of aromatic nitrogens is 1. The predicted octanol–water partition coefficient (Wildman–Crippen LogP) is 2.91.